The molecule has 0 amide bonds. The van der Waals surface area contributed by atoms with Gasteiger partial charge >= 0.3 is 5.97 Å². The molecule has 0 spiro atoms. The molecule has 3 aromatic rings. The Balaban J connectivity index is 2.27. The molecular formula is C19H14O4. The van der Waals surface area contributed by atoms with E-state index < -0.39 is 5.97 Å². The number of aromatic hydroxyl groups is 2. The largest absolute Gasteiger partial charge is 0.508 e. The van der Waals surface area contributed by atoms with Crippen LogP contribution in [0.25, 0.3) is 22.3 Å². The van der Waals surface area contributed by atoms with Gasteiger partial charge in [0.25, 0.3) is 0 Å². The number of rotatable bonds is 3. The zero-order chi connectivity index (χ0) is 16.4. The highest BCUT2D eigenvalue weighted by Gasteiger charge is 2.16. The quantitative estimate of drug-likeness (QED) is 0.680. The first-order valence-corrected chi connectivity index (χ1v) is 7.01. The Morgan fingerprint density at radius 2 is 1.22 bits per heavy atom. The second kappa shape index (κ2) is 5.85. The van der Waals surface area contributed by atoms with E-state index in [1.807, 2.05) is 6.07 Å². The van der Waals surface area contributed by atoms with E-state index in [4.69, 9.17) is 0 Å². The molecule has 0 bridgehead atoms. The highest BCUT2D eigenvalue weighted by atomic mass is 16.4. The molecular weight excluding hydrogens is 292 g/mol. The number of carboxylic acids is 1. The summed E-state index contributed by atoms with van der Waals surface area (Å²) in [5, 5.41) is 28.4. The number of phenols is 2. The SMILES string of the molecule is O=C(O)c1cccc(-c2ccc(O)cc2)c1-c1ccc(O)cc1. The van der Waals surface area contributed by atoms with Gasteiger partial charge in [0.2, 0.25) is 0 Å². The molecule has 0 fully saturated rings. The van der Waals surface area contributed by atoms with Crippen molar-refractivity contribution in [2.75, 3.05) is 0 Å². The first-order valence-electron chi connectivity index (χ1n) is 7.01. The molecule has 0 heterocycles. The van der Waals surface area contributed by atoms with Crippen LogP contribution in [-0.2, 0) is 0 Å². The Morgan fingerprint density at radius 3 is 1.74 bits per heavy atom. The molecule has 114 valence electrons. The number of aromatic carboxylic acids is 1. The number of carboxylic acid groups (broad SMARTS) is 1. The molecule has 3 rings (SSSR count). The second-order valence-electron chi connectivity index (χ2n) is 5.13. The van der Waals surface area contributed by atoms with Gasteiger partial charge in [0.1, 0.15) is 11.5 Å². The van der Waals surface area contributed by atoms with Crippen molar-refractivity contribution in [1.82, 2.24) is 0 Å². The van der Waals surface area contributed by atoms with Gasteiger partial charge in [0.05, 0.1) is 5.56 Å². The minimum atomic E-state index is -1.02. The Hall–Kier alpha value is -3.27. The lowest BCUT2D eigenvalue weighted by Crippen LogP contribution is -2.01. The lowest BCUT2D eigenvalue weighted by atomic mass is 9.90. The van der Waals surface area contributed by atoms with Gasteiger partial charge in [-0.3, -0.25) is 0 Å². The predicted octanol–water partition coefficient (Wildman–Crippen LogP) is 4.13. The topological polar surface area (TPSA) is 77.8 Å². The molecule has 0 atom stereocenters. The van der Waals surface area contributed by atoms with E-state index in [-0.39, 0.29) is 17.1 Å². The minimum Gasteiger partial charge on any atom is -0.508 e. The van der Waals surface area contributed by atoms with E-state index in [9.17, 15) is 20.1 Å². The molecule has 3 N–H and O–H groups in total. The summed E-state index contributed by atoms with van der Waals surface area (Å²) in [5.41, 5.74) is 3.00. The maximum absolute atomic E-state index is 11.6. The zero-order valence-corrected chi connectivity index (χ0v) is 12.1. The molecule has 0 unspecified atom stereocenters. The van der Waals surface area contributed by atoms with Crippen LogP contribution >= 0.6 is 0 Å². The third-order valence-electron chi connectivity index (χ3n) is 3.63. The van der Waals surface area contributed by atoms with Gasteiger partial charge in [-0.15, -0.1) is 0 Å². The highest BCUT2D eigenvalue weighted by molar-refractivity contribution is 6.01. The summed E-state index contributed by atoms with van der Waals surface area (Å²) in [7, 11) is 0. The number of benzene rings is 3. The number of phenolic OH excluding ortho intramolecular Hbond substituents is 2. The van der Waals surface area contributed by atoms with Gasteiger partial charge in [-0.25, -0.2) is 4.79 Å². The molecule has 0 saturated heterocycles. The van der Waals surface area contributed by atoms with Gasteiger partial charge < -0.3 is 15.3 Å². The fourth-order valence-corrected chi connectivity index (χ4v) is 2.55. The monoisotopic (exact) mass is 306 g/mol. The van der Waals surface area contributed by atoms with Gasteiger partial charge in [0.15, 0.2) is 0 Å². The van der Waals surface area contributed by atoms with Crippen molar-refractivity contribution in [2.24, 2.45) is 0 Å². The molecule has 23 heavy (non-hydrogen) atoms. The van der Waals surface area contributed by atoms with Gasteiger partial charge in [-0.1, -0.05) is 36.4 Å². The Kier molecular flexibility index (Phi) is 3.73. The normalized spacial score (nSPS) is 10.4. The third kappa shape index (κ3) is 2.87. The molecule has 3 aromatic carbocycles. The third-order valence-corrected chi connectivity index (χ3v) is 3.63. The second-order valence-corrected chi connectivity index (χ2v) is 5.13. The van der Waals surface area contributed by atoms with E-state index in [0.29, 0.717) is 11.1 Å². The summed E-state index contributed by atoms with van der Waals surface area (Å²) in [6.07, 6.45) is 0. The average Bonchev–Trinajstić information content (AvgIpc) is 2.55. The summed E-state index contributed by atoms with van der Waals surface area (Å²) < 4.78 is 0. The first-order chi connectivity index (χ1) is 11.1. The van der Waals surface area contributed by atoms with E-state index in [1.54, 1.807) is 48.5 Å². The van der Waals surface area contributed by atoms with E-state index >= 15 is 0 Å². The Labute approximate surface area is 132 Å². The van der Waals surface area contributed by atoms with Crippen LogP contribution in [-0.4, -0.2) is 21.3 Å². The fourth-order valence-electron chi connectivity index (χ4n) is 2.55. The van der Waals surface area contributed by atoms with Gasteiger partial charge in [-0.05, 0) is 47.0 Å². The summed E-state index contributed by atoms with van der Waals surface area (Å²) >= 11 is 0. The van der Waals surface area contributed by atoms with E-state index in [0.717, 1.165) is 11.1 Å². The number of carbonyl (C=O) groups is 1. The molecule has 0 radical (unpaired) electrons. The van der Waals surface area contributed by atoms with Crippen LogP contribution < -0.4 is 0 Å². The Morgan fingerprint density at radius 1 is 0.696 bits per heavy atom. The van der Waals surface area contributed by atoms with Gasteiger partial charge in [-0.2, -0.15) is 0 Å². The lowest BCUT2D eigenvalue weighted by molar-refractivity contribution is 0.0697. The van der Waals surface area contributed by atoms with Crippen molar-refractivity contribution in [3.63, 3.8) is 0 Å². The van der Waals surface area contributed by atoms with Crippen LogP contribution in [0.15, 0.2) is 66.7 Å². The van der Waals surface area contributed by atoms with E-state index in [1.165, 1.54) is 12.1 Å². The summed E-state index contributed by atoms with van der Waals surface area (Å²) in [5.74, 6) is -0.754. The molecule has 0 aliphatic rings. The van der Waals surface area contributed by atoms with Crippen molar-refractivity contribution >= 4 is 5.97 Å². The van der Waals surface area contributed by atoms with Crippen LogP contribution in [0.3, 0.4) is 0 Å². The molecule has 4 heteroatoms. The zero-order valence-electron chi connectivity index (χ0n) is 12.1. The summed E-state index contributed by atoms with van der Waals surface area (Å²) in [6.45, 7) is 0. The smallest absolute Gasteiger partial charge is 0.336 e. The van der Waals surface area contributed by atoms with Crippen LogP contribution in [0.5, 0.6) is 11.5 Å². The van der Waals surface area contributed by atoms with Crippen molar-refractivity contribution < 1.29 is 20.1 Å². The number of hydrogen-bond acceptors (Lipinski definition) is 3. The lowest BCUT2D eigenvalue weighted by Gasteiger charge is -2.13. The van der Waals surface area contributed by atoms with Crippen molar-refractivity contribution in [2.45, 2.75) is 0 Å². The van der Waals surface area contributed by atoms with Crippen LogP contribution in [0, 0.1) is 0 Å². The average molecular weight is 306 g/mol. The van der Waals surface area contributed by atoms with Crippen molar-refractivity contribution in [3.8, 4) is 33.8 Å². The van der Waals surface area contributed by atoms with Crippen molar-refractivity contribution in [3.05, 3.63) is 72.3 Å². The van der Waals surface area contributed by atoms with Crippen LogP contribution in [0.2, 0.25) is 0 Å². The standard InChI is InChI=1S/C19H14O4/c20-14-8-4-12(5-9-14)16-2-1-3-17(19(22)23)18(16)13-6-10-15(21)11-7-13/h1-11,20-21H,(H,22,23). The molecule has 0 saturated carbocycles. The summed E-state index contributed by atoms with van der Waals surface area (Å²) in [6, 6.07) is 18.1. The molecule has 0 aliphatic heterocycles. The molecule has 4 nitrogen and oxygen atoms in total. The predicted molar refractivity (Wildman–Crippen MR) is 87.6 cm³/mol. The fraction of sp³-hybridized carbons (Fsp3) is 0. The highest BCUT2D eigenvalue weighted by Crippen LogP contribution is 2.36. The maximum Gasteiger partial charge on any atom is 0.336 e. The molecule has 0 aromatic heterocycles. The number of hydrogen-bond donors (Lipinski definition) is 3. The van der Waals surface area contributed by atoms with Crippen LogP contribution in [0.1, 0.15) is 10.4 Å². The first kappa shape index (κ1) is 14.7. The van der Waals surface area contributed by atoms with Gasteiger partial charge in [0, 0.05) is 5.56 Å². The maximum atomic E-state index is 11.6. The Bertz CT molecular complexity index is 850. The van der Waals surface area contributed by atoms with Crippen molar-refractivity contribution in [1.29, 1.82) is 0 Å². The van der Waals surface area contributed by atoms with E-state index in [2.05, 4.69) is 0 Å². The minimum absolute atomic E-state index is 0.118. The molecule has 0 aliphatic carbocycles. The van der Waals surface area contributed by atoms with Crippen LogP contribution in [0.4, 0.5) is 0 Å². The summed E-state index contributed by atoms with van der Waals surface area (Å²) in [4.78, 5) is 11.6.